The van der Waals surface area contributed by atoms with Crippen LogP contribution in [0.2, 0.25) is 10.0 Å². The van der Waals surface area contributed by atoms with Gasteiger partial charge in [-0.3, -0.25) is 4.79 Å². The second kappa shape index (κ2) is 8.64. The molecule has 0 radical (unpaired) electrons. The van der Waals surface area contributed by atoms with Gasteiger partial charge in [0.2, 0.25) is 0 Å². The summed E-state index contributed by atoms with van der Waals surface area (Å²) >= 11 is 11.6. The van der Waals surface area contributed by atoms with Gasteiger partial charge in [0.05, 0.1) is 10.0 Å². The minimum atomic E-state index is -0.976. The summed E-state index contributed by atoms with van der Waals surface area (Å²) in [6, 6.07) is 6.56. The molecule has 2 aromatic rings. The summed E-state index contributed by atoms with van der Waals surface area (Å²) in [5.41, 5.74) is 0. The van der Waals surface area contributed by atoms with Gasteiger partial charge in [0.25, 0.3) is 5.91 Å². The fourth-order valence-electron chi connectivity index (χ4n) is 1.69. The van der Waals surface area contributed by atoms with Crippen LogP contribution >= 0.6 is 23.2 Å². The van der Waals surface area contributed by atoms with Gasteiger partial charge in [-0.2, -0.15) is 0 Å². The van der Waals surface area contributed by atoms with Crippen molar-refractivity contribution in [2.24, 2.45) is 0 Å². The molecule has 0 spiro atoms. The van der Waals surface area contributed by atoms with E-state index < -0.39 is 30.4 Å². The van der Waals surface area contributed by atoms with E-state index in [4.69, 9.17) is 32.7 Å². The van der Waals surface area contributed by atoms with E-state index in [1.807, 2.05) is 0 Å². The summed E-state index contributed by atoms with van der Waals surface area (Å²) in [7, 11) is 0. The average molecular weight is 387 g/mol. The highest BCUT2D eigenvalue weighted by atomic mass is 35.5. The number of aromatic nitrogens is 1. The molecule has 1 heterocycles. The number of anilines is 1. The third-order valence-corrected chi connectivity index (χ3v) is 3.36. The van der Waals surface area contributed by atoms with E-state index in [9.17, 15) is 14.0 Å². The number of hydrogen-bond acceptors (Lipinski definition) is 5. The van der Waals surface area contributed by atoms with Crippen molar-refractivity contribution in [1.82, 2.24) is 4.98 Å². The van der Waals surface area contributed by atoms with Crippen molar-refractivity contribution in [1.29, 1.82) is 0 Å². The maximum absolute atomic E-state index is 12.8. The Morgan fingerprint density at radius 2 is 1.96 bits per heavy atom. The van der Waals surface area contributed by atoms with Crippen LogP contribution in [0.5, 0.6) is 5.75 Å². The molecule has 0 bridgehead atoms. The highest BCUT2D eigenvalue weighted by Crippen LogP contribution is 2.22. The van der Waals surface area contributed by atoms with Gasteiger partial charge in [-0.15, -0.1) is 0 Å². The summed E-state index contributed by atoms with van der Waals surface area (Å²) in [5, 5.41) is 2.86. The van der Waals surface area contributed by atoms with E-state index in [0.29, 0.717) is 10.8 Å². The Labute approximate surface area is 152 Å². The van der Waals surface area contributed by atoms with Crippen molar-refractivity contribution in [3.63, 3.8) is 0 Å². The summed E-state index contributed by atoms with van der Waals surface area (Å²) in [6.07, 6.45) is 0.337. The molecular weight excluding hydrogens is 374 g/mol. The average Bonchev–Trinajstić information content (AvgIpc) is 2.57. The highest BCUT2D eigenvalue weighted by molar-refractivity contribution is 6.36. The topological polar surface area (TPSA) is 77.5 Å². The number of carbonyl (C=O) groups excluding carboxylic acids is 2. The number of hydrogen-bond donors (Lipinski definition) is 1. The van der Waals surface area contributed by atoms with Gasteiger partial charge in [-0.05, 0) is 37.3 Å². The fraction of sp³-hybridized carbons (Fsp3) is 0.188. The quantitative estimate of drug-likeness (QED) is 0.768. The van der Waals surface area contributed by atoms with Crippen LogP contribution < -0.4 is 10.1 Å². The van der Waals surface area contributed by atoms with E-state index in [1.54, 1.807) is 0 Å². The smallest absolute Gasteiger partial charge is 0.347 e. The first-order chi connectivity index (χ1) is 11.8. The minimum Gasteiger partial charge on any atom is -0.479 e. The number of ether oxygens (including phenoxy) is 2. The molecule has 0 unspecified atom stereocenters. The molecule has 0 aliphatic heterocycles. The molecule has 2 rings (SSSR count). The van der Waals surface area contributed by atoms with Crippen molar-refractivity contribution < 1.29 is 23.5 Å². The molecule has 1 atom stereocenters. The van der Waals surface area contributed by atoms with Crippen LogP contribution in [0.3, 0.4) is 0 Å². The number of esters is 1. The summed E-state index contributed by atoms with van der Waals surface area (Å²) in [6.45, 7) is 0.901. The van der Waals surface area contributed by atoms with Gasteiger partial charge in [0.15, 0.2) is 18.5 Å². The number of pyridine rings is 1. The molecule has 9 heteroatoms. The van der Waals surface area contributed by atoms with Gasteiger partial charge in [0.1, 0.15) is 11.6 Å². The van der Waals surface area contributed by atoms with E-state index in [0.717, 1.165) is 0 Å². The first-order valence-electron chi connectivity index (χ1n) is 7.05. The zero-order valence-electron chi connectivity index (χ0n) is 13.0. The number of carbonyl (C=O) groups is 2. The van der Waals surface area contributed by atoms with E-state index >= 15 is 0 Å². The van der Waals surface area contributed by atoms with E-state index in [-0.39, 0.29) is 10.8 Å². The molecule has 0 fully saturated rings. The van der Waals surface area contributed by atoms with Crippen LogP contribution in [0.1, 0.15) is 6.92 Å². The second-order valence-electron chi connectivity index (χ2n) is 4.85. The minimum absolute atomic E-state index is 0.0997. The first kappa shape index (κ1) is 19.0. The molecule has 0 saturated carbocycles. The maximum Gasteiger partial charge on any atom is 0.347 e. The van der Waals surface area contributed by atoms with Gasteiger partial charge in [0, 0.05) is 6.20 Å². The summed E-state index contributed by atoms with van der Waals surface area (Å²) in [4.78, 5) is 27.4. The molecule has 6 nitrogen and oxygen atoms in total. The molecule has 0 aliphatic rings. The predicted molar refractivity (Wildman–Crippen MR) is 90.3 cm³/mol. The third-order valence-electron chi connectivity index (χ3n) is 2.87. The van der Waals surface area contributed by atoms with Crippen LogP contribution in [0.4, 0.5) is 10.2 Å². The number of rotatable bonds is 6. The number of nitrogens with one attached hydrogen (secondary N) is 1. The number of amides is 1. The SMILES string of the molecule is C[C@H](Oc1ccc(F)cc1)C(=O)OCC(=O)Nc1ncc(Cl)cc1Cl. The largest absolute Gasteiger partial charge is 0.479 e. The van der Waals surface area contributed by atoms with E-state index in [1.165, 1.54) is 43.5 Å². The molecule has 1 aromatic carbocycles. The van der Waals surface area contributed by atoms with Crippen molar-refractivity contribution in [2.75, 3.05) is 11.9 Å². The number of benzene rings is 1. The van der Waals surface area contributed by atoms with Crippen LogP contribution in [0, 0.1) is 5.82 Å². The number of halogens is 3. The van der Waals surface area contributed by atoms with Gasteiger partial charge >= 0.3 is 5.97 Å². The molecule has 1 aromatic heterocycles. The lowest BCUT2D eigenvalue weighted by molar-refractivity contribution is -0.153. The lowest BCUT2D eigenvalue weighted by Gasteiger charge is -2.14. The molecule has 1 amide bonds. The van der Waals surface area contributed by atoms with Crippen molar-refractivity contribution in [3.8, 4) is 5.75 Å². The Kier molecular flexibility index (Phi) is 6.55. The first-order valence-corrected chi connectivity index (χ1v) is 7.80. The van der Waals surface area contributed by atoms with Gasteiger partial charge in [-0.25, -0.2) is 14.2 Å². The Morgan fingerprint density at radius 3 is 2.60 bits per heavy atom. The molecular formula is C16H13Cl2FN2O4. The summed E-state index contributed by atoms with van der Waals surface area (Å²) in [5.74, 6) is -1.41. The molecule has 1 N–H and O–H groups in total. The van der Waals surface area contributed by atoms with Crippen LogP contribution in [-0.4, -0.2) is 29.6 Å². The third kappa shape index (κ3) is 5.88. The lowest BCUT2D eigenvalue weighted by atomic mass is 10.3. The van der Waals surface area contributed by atoms with Crippen molar-refractivity contribution in [2.45, 2.75) is 13.0 Å². The molecule has 25 heavy (non-hydrogen) atoms. The summed E-state index contributed by atoms with van der Waals surface area (Å²) < 4.78 is 23.0. The molecule has 132 valence electrons. The van der Waals surface area contributed by atoms with Crippen molar-refractivity contribution >= 4 is 40.9 Å². The van der Waals surface area contributed by atoms with E-state index in [2.05, 4.69) is 10.3 Å². The number of nitrogens with zero attached hydrogens (tertiary/aromatic N) is 1. The van der Waals surface area contributed by atoms with Crippen LogP contribution in [-0.2, 0) is 14.3 Å². The van der Waals surface area contributed by atoms with Gasteiger partial charge < -0.3 is 14.8 Å². The van der Waals surface area contributed by atoms with Crippen molar-refractivity contribution in [3.05, 3.63) is 52.4 Å². The van der Waals surface area contributed by atoms with Gasteiger partial charge in [-0.1, -0.05) is 23.2 Å². The lowest BCUT2D eigenvalue weighted by Crippen LogP contribution is -2.30. The maximum atomic E-state index is 12.8. The fourth-order valence-corrected chi connectivity index (χ4v) is 2.12. The molecule has 0 saturated heterocycles. The zero-order chi connectivity index (χ0) is 18.4. The Hall–Kier alpha value is -2.38. The standard InChI is InChI=1S/C16H13Cl2FN2O4/c1-9(25-12-4-2-11(19)3-5-12)16(23)24-8-14(22)21-15-13(18)6-10(17)7-20-15/h2-7,9H,8H2,1H3,(H,20,21,22)/t9-/m0/s1. The Balaban J connectivity index is 1.82. The predicted octanol–water partition coefficient (Wildman–Crippen LogP) is 3.48. The normalized spacial score (nSPS) is 11.5. The second-order valence-corrected chi connectivity index (χ2v) is 5.70. The zero-order valence-corrected chi connectivity index (χ0v) is 14.5. The Bertz CT molecular complexity index is 771. The monoisotopic (exact) mass is 386 g/mol. The Morgan fingerprint density at radius 1 is 1.28 bits per heavy atom. The van der Waals surface area contributed by atoms with Crippen LogP contribution in [0.25, 0.3) is 0 Å². The highest BCUT2D eigenvalue weighted by Gasteiger charge is 2.18. The van der Waals surface area contributed by atoms with Crippen LogP contribution in [0.15, 0.2) is 36.5 Å². The molecule has 0 aliphatic carbocycles.